The van der Waals surface area contributed by atoms with Crippen molar-refractivity contribution in [1.82, 2.24) is 14.9 Å². The van der Waals surface area contributed by atoms with Crippen LogP contribution in [0.1, 0.15) is 16.1 Å². The quantitative estimate of drug-likeness (QED) is 0.932. The van der Waals surface area contributed by atoms with Gasteiger partial charge in [0.05, 0.1) is 11.3 Å². The molecule has 0 aliphatic carbocycles. The molecule has 1 aromatic heterocycles. The minimum atomic E-state index is -0.343. The van der Waals surface area contributed by atoms with Gasteiger partial charge in [-0.2, -0.15) is 0 Å². The van der Waals surface area contributed by atoms with Crippen LogP contribution in [0.2, 0.25) is 0 Å². The molecule has 6 nitrogen and oxygen atoms in total. The summed E-state index contributed by atoms with van der Waals surface area (Å²) in [6.45, 7) is 5.47. The van der Waals surface area contributed by atoms with E-state index in [2.05, 4.69) is 32.1 Å². The Kier molecular flexibility index (Phi) is 4.71. The zero-order chi connectivity index (χ0) is 17.1. The van der Waals surface area contributed by atoms with Gasteiger partial charge in [0.25, 0.3) is 5.91 Å². The number of likely N-dealkylation sites (N-methyl/N-ethyl adjacent to an activating group) is 1. The van der Waals surface area contributed by atoms with Crippen molar-refractivity contribution in [3.8, 4) is 0 Å². The number of carbonyl (C=O) groups excluding carboxylic acids is 1. The molecule has 2 heterocycles. The Hall–Kier alpha value is -2.54. The molecule has 1 aliphatic rings. The summed E-state index contributed by atoms with van der Waals surface area (Å²) < 4.78 is 12.9. The van der Waals surface area contributed by atoms with E-state index in [0.29, 0.717) is 22.9 Å². The lowest BCUT2D eigenvalue weighted by Gasteiger charge is -2.32. The van der Waals surface area contributed by atoms with E-state index in [1.54, 1.807) is 13.1 Å². The highest BCUT2D eigenvalue weighted by atomic mass is 19.1. The number of benzene rings is 1. The van der Waals surface area contributed by atoms with Crippen molar-refractivity contribution >= 4 is 17.5 Å². The van der Waals surface area contributed by atoms with E-state index in [-0.39, 0.29) is 11.7 Å². The van der Waals surface area contributed by atoms with Gasteiger partial charge in [-0.3, -0.25) is 4.79 Å². The first-order valence-corrected chi connectivity index (χ1v) is 7.87. The van der Waals surface area contributed by atoms with E-state index >= 15 is 0 Å². The standard InChI is InChI=1S/C17H20FN5O/c1-12-15(16(24)21-14-5-3-13(18)4-6-14)11-19-17(20-12)23-9-7-22(2)8-10-23/h3-6,11H,7-10H2,1-2H3,(H,21,24). The van der Waals surface area contributed by atoms with Gasteiger partial charge in [0.15, 0.2) is 0 Å². The molecule has 3 rings (SSSR count). The Morgan fingerprint density at radius 2 is 1.83 bits per heavy atom. The summed E-state index contributed by atoms with van der Waals surface area (Å²) in [7, 11) is 2.09. The van der Waals surface area contributed by atoms with Gasteiger partial charge < -0.3 is 15.1 Å². The fourth-order valence-corrected chi connectivity index (χ4v) is 2.57. The molecule has 126 valence electrons. The SMILES string of the molecule is Cc1nc(N2CCN(C)CC2)ncc1C(=O)Nc1ccc(F)cc1. The largest absolute Gasteiger partial charge is 0.338 e. The van der Waals surface area contributed by atoms with Crippen LogP contribution in [0.25, 0.3) is 0 Å². The molecule has 1 fully saturated rings. The van der Waals surface area contributed by atoms with Crippen molar-refractivity contribution in [2.24, 2.45) is 0 Å². The number of piperazine rings is 1. The molecule has 1 saturated heterocycles. The predicted molar refractivity (Wildman–Crippen MR) is 90.8 cm³/mol. The number of amides is 1. The molecule has 0 spiro atoms. The van der Waals surface area contributed by atoms with Crippen LogP contribution in [-0.4, -0.2) is 54.0 Å². The lowest BCUT2D eigenvalue weighted by Crippen LogP contribution is -2.45. The second kappa shape index (κ2) is 6.92. The number of nitrogens with one attached hydrogen (secondary N) is 1. The zero-order valence-corrected chi connectivity index (χ0v) is 13.8. The molecular weight excluding hydrogens is 309 g/mol. The molecule has 1 aliphatic heterocycles. The van der Waals surface area contributed by atoms with Crippen molar-refractivity contribution in [2.75, 3.05) is 43.4 Å². The van der Waals surface area contributed by atoms with E-state index in [9.17, 15) is 9.18 Å². The van der Waals surface area contributed by atoms with Crippen LogP contribution in [0.15, 0.2) is 30.5 Å². The van der Waals surface area contributed by atoms with Gasteiger partial charge in [0, 0.05) is 38.1 Å². The van der Waals surface area contributed by atoms with E-state index in [4.69, 9.17) is 0 Å². The second-order valence-electron chi connectivity index (χ2n) is 5.92. The number of nitrogens with zero attached hydrogens (tertiary/aromatic N) is 4. The lowest BCUT2D eigenvalue weighted by molar-refractivity contribution is 0.102. The van der Waals surface area contributed by atoms with Crippen molar-refractivity contribution < 1.29 is 9.18 Å². The number of carbonyl (C=O) groups is 1. The number of hydrogen-bond donors (Lipinski definition) is 1. The van der Waals surface area contributed by atoms with Gasteiger partial charge in [0.1, 0.15) is 5.82 Å². The Morgan fingerprint density at radius 3 is 2.46 bits per heavy atom. The Balaban J connectivity index is 1.72. The first-order chi connectivity index (χ1) is 11.5. The number of aryl methyl sites for hydroxylation is 1. The molecule has 2 aromatic rings. The molecule has 0 atom stereocenters. The third-order valence-corrected chi connectivity index (χ3v) is 4.10. The minimum Gasteiger partial charge on any atom is -0.338 e. The van der Waals surface area contributed by atoms with Crippen LogP contribution in [0.3, 0.4) is 0 Å². The molecule has 7 heteroatoms. The first kappa shape index (κ1) is 16.3. The number of rotatable bonds is 3. The fraction of sp³-hybridized carbons (Fsp3) is 0.353. The molecule has 1 aromatic carbocycles. The third kappa shape index (κ3) is 3.68. The summed E-state index contributed by atoms with van der Waals surface area (Å²) in [4.78, 5) is 25.5. The van der Waals surface area contributed by atoms with Crippen LogP contribution in [0.4, 0.5) is 16.0 Å². The maximum atomic E-state index is 12.9. The minimum absolute atomic E-state index is 0.302. The topological polar surface area (TPSA) is 61.4 Å². The summed E-state index contributed by atoms with van der Waals surface area (Å²) in [6, 6.07) is 5.63. The van der Waals surface area contributed by atoms with Gasteiger partial charge in [-0.15, -0.1) is 0 Å². The molecule has 1 amide bonds. The monoisotopic (exact) mass is 329 g/mol. The van der Waals surface area contributed by atoms with Crippen molar-refractivity contribution in [3.05, 3.63) is 47.5 Å². The lowest BCUT2D eigenvalue weighted by atomic mass is 10.2. The smallest absolute Gasteiger partial charge is 0.259 e. The van der Waals surface area contributed by atoms with Gasteiger partial charge in [-0.05, 0) is 38.2 Å². The molecule has 0 bridgehead atoms. The van der Waals surface area contributed by atoms with E-state index in [1.165, 1.54) is 24.3 Å². The molecule has 1 N–H and O–H groups in total. The summed E-state index contributed by atoms with van der Waals surface area (Å²) >= 11 is 0. The third-order valence-electron chi connectivity index (χ3n) is 4.10. The predicted octanol–water partition coefficient (Wildman–Crippen LogP) is 1.93. The Labute approximate surface area is 140 Å². The molecule has 0 unspecified atom stereocenters. The molecule has 0 radical (unpaired) electrons. The normalized spacial score (nSPS) is 15.4. The average molecular weight is 329 g/mol. The summed E-state index contributed by atoms with van der Waals surface area (Å²) in [6.07, 6.45) is 1.55. The van der Waals surface area contributed by atoms with Crippen molar-refractivity contribution in [2.45, 2.75) is 6.92 Å². The van der Waals surface area contributed by atoms with Crippen LogP contribution < -0.4 is 10.2 Å². The number of aromatic nitrogens is 2. The van der Waals surface area contributed by atoms with Crippen LogP contribution in [0, 0.1) is 12.7 Å². The first-order valence-electron chi connectivity index (χ1n) is 7.87. The highest BCUT2D eigenvalue weighted by molar-refractivity contribution is 6.04. The number of anilines is 2. The van der Waals surface area contributed by atoms with E-state index in [0.717, 1.165) is 26.2 Å². The van der Waals surface area contributed by atoms with Gasteiger partial charge >= 0.3 is 0 Å². The zero-order valence-electron chi connectivity index (χ0n) is 13.8. The highest BCUT2D eigenvalue weighted by Crippen LogP contribution is 2.15. The van der Waals surface area contributed by atoms with E-state index in [1.807, 2.05) is 0 Å². The Morgan fingerprint density at radius 1 is 1.17 bits per heavy atom. The van der Waals surface area contributed by atoms with E-state index < -0.39 is 0 Å². The van der Waals surface area contributed by atoms with Crippen LogP contribution in [-0.2, 0) is 0 Å². The molecular formula is C17H20FN5O. The molecule has 24 heavy (non-hydrogen) atoms. The Bertz CT molecular complexity index is 726. The van der Waals surface area contributed by atoms with Gasteiger partial charge in [0.2, 0.25) is 5.95 Å². The maximum Gasteiger partial charge on any atom is 0.259 e. The van der Waals surface area contributed by atoms with Crippen LogP contribution >= 0.6 is 0 Å². The van der Waals surface area contributed by atoms with Crippen molar-refractivity contribution in [3.63, 3.8) is 0 Å². The summed E-state index contributed by atoms with van der Waals surface area (Å²) in [5.41, 5.74) is 1.57. The second-order valence-corrected chi connectivity index (χ2v) is 5.92. The van der Waals surface area contributed by atoms with Crippen molar-refractivity contribution in [1.29, 1.82) is 0 Å². The highest BCUT2D eigenvalue weighted by Gasteiger charge is 2.18. The van der Waals surface area contributed by atoms with Crippen LogP contribution in [0.5, 0.6) is 0 Å². The summed E-state index contributed by atoms with van der Waals surface area (Å²) in [5.74, 6) is 0.00649. The van der Waals surface area contributed by atoms with Gasteiger partial charge in [-0.1, -0.05) is 0 Å². The summed E-state index contributed by atoms with van der Waals surface area (Å²) in [5, 5.41) is 2.73. The molecule has 0 saturated carbocycles. The maximum absolute atomic E-state index is 12.9. The number of halogens is 1. The van der Waals surface area contributed by atoms with Gasteiger partial charge in [-0.25, -0.2) is 14.4 Å². The number of hydrogen-bond acceptors (Lipinski definition) is 5. The average Bonchev–Trinajstić information content (AvgIpc) is 2.57. The fourth-order valence-electron chi connectivity index (χ4n) is 2.57.